The zero-order valence-corrected chi connectivity index (χ0v) is 16.4. The van der Waals surface area contributed by atoms with E-state index in [4.69, 9.17) is 0 Å². The number of hydrogen-bond acceptors (Lipinski definition) is 2. The first-order chi connectivity index (χ1) is 11.8. The Hall–Kier alpha value is -1.92. The summed E-state index contributed by atoms with van der Waals surface area (Å²) >= 11 is 3.45. The molecule has 1 unspecified atom stereocenters. The van der Waals surface area contributed by atoms with Gasteiger partial charge in [-0.2, -0.15) is 0 Å². The number of urea groups is 1. The molecular weight excluding hydrogens is 385 g/mol. The van der Waals surface area contributed by atoms with Gasteiger partial charge < -0.3 is 15.5 Å². The molecule has 2 aromatic carbocycles. The van der Waals surface area contributed by atoms with Gasteiger partial charge in [-0.25, -0.2) is 9.18 Å². The van der Waals surface area contributed by atoms with Crippen molar-refractivity contribution in [1.82, 2.24) is 10.2 Å². The Morgan fingerprint density at radius 3 is 2.24 bits per heavy atom. The SMILES string of the molecule is Cc1cc(Br)cc(C)c1NC(=O)NCC(c1ccc(F)cc1)N(C)C. The molecule has 0 aliphatic carbocycles. The van der Waals surface area contributed by atoms with Crippen LogP contribution in [0.4, 0.5) is 14.9 Å². The highest BCUT2D eigenvalue weighted by molar-refractivity contribution is 9.10. The number of aryl methyl sites for hydroxylation is 2. The van der Waals surface area contributed by atoms with Crippen LogP contribution < -0.4 is 10.6 Å². The molecule has 2 N–H and O–H groups in total. The average molecular weight is 408 g/mol. The van der Waals surface area contributed by atoms with Crippen molar-refractivity contribution < 1.29 is 9.18 Å². The van der Waals surface area contributed by atoms with Crippen LogP contribution in [-0.2, 0) is 0 Å². The van der Waals surface area contributed by atoms with Crippen LogP contribution in [0.5, 0.6) is 0 Å². The van der Waals surface area contributed by atoms with Crippen molar-refractivity contribution in [1.29, 1.82) is 0 Å². The summed E-state index contributed by atoms with van der Waals surface area (Å²) in [5, 5.41) is 5.81. The number of nitrogens with one attached hydrogen (secondary N) is 2. The van der Waals surface area contributed by atoms with Gasteiger partial charge in [0.05, 0.1) is 6.04 Å². The molecule has 0 radical (unpaired) electrons. The molecule has 2 aromatic rings. The summed E-state index contributed by atoms with van der Waals surface area (Å²) < 4.78 is 14.1. The van der Waals surface area contributed by atoms with Crippen LogP contribution >= 0.6 is 15.9 Å². The monoisotopic (exact) mass is 407 g/mol. The van der Waals surface area contributed by atoms with Crippen molar-refractivity contribution >= 4 is 27.6 Å². The van der Waals surface area contributed by atoms with Gasteiger partial charge in [0, 0.05) is 16.7 Å². The molecule has 0 aromatic heterocycles. The minimum Gasteiger partial charge on any atom is -0.336 e. The zero-order chi connectivity index (χ0) is 18.6. The normalized spacial score (nSPS) is 12.1. The van der Waals surface area contributed by atoms with Crippen molar-refractivity contribution in [3.8, 4) is 0 Å². The molecule has 0 heterocycles. The summed E-state index contributed by atoms with van der Waals surface area (Å²) in [6.45, 7) is 4.32. The van der Waals surface area contributed by atoms with Crippen LogP contribution in [0.3, 0.4) is 0 Å². The Bertz CT molecular complexity index is 724. The number of rotatable bonds is 5. The molecule has 134 valence electrons. The second kappa shape index (κ2) is 8.45. The Morgan fingerprint density at radius 2 is 1.72 bits per heavy atom. The van der Waals surface area contributed by atoms with Gasteiger partial charge in [0.1, 0.15) is 5.82 Å². The minimum absolute atomic E-state index is 0.0431. The van der Waals surface area contributed by atoms with Crippen LogP contribution in [0.2, 0.25) is 0 Å². The predicted octanol–water partition coefficient (Wildman–Crippen LogP) is 4.63. The molecule has 4 nitrogen and oxygen atoms in total. The van der Waals surface area contributed by atoms with E-state index in [9.17, 15) is 9.18 Å². The van der Waals surface area contributed by atoms with Gasteiger partial charge in [-0.1, -0.05) is 28.1 Å². The zero-order valence-electron chi connectivity index (χ0n) is 14.9. The number of nitrogens with zero attached hydrogens (tertiary/aromatic N) is 1. The van der Waals surface area contributed by atoms with Gasteiger partial charge in [-0.05, 0) is 68.9 Å². The summed E-state index contributed by atoms with van der Waals surface area (Å²) in [4.78, 5) is 14.3. The van der Waals surface area contributed by atoms with Gasteiger partial charge in [0.25, 0.3) is 0 Å². The number of amides is 2. The number of halogens is 2. The van der Waals surface area contributed by atoms with E-state index in [2.05, 4.69) is 26.6 Å². The van der Waals surface area contributed by atoms with E-state index in [0.29, 0.717) is 6.54 Å². The molecule has 0 bridgehead atoms. The van der Waals surface area contributed by atoms with Gasteiger partial charge in [0.15, 0.2) is 0 Å². The number of benzene rings is 2. The number of likely N-dealkylation sites (N-methyl/N-ethyl adjacent to an activating group) is 1. The highest BCUT2D eigenvalue weighted by atomic mass is 79.9. The lowest BCUT2D eigenvalue weighted by Gasteiger charge is -2.25. The van der Waals surface area contributed by atoms with Crippen molar-refractivity contribution in [3.63, 3.8) is 0 Å². The molecule has 0 saturated heterocycles. The second-order valence-corrected chi connectivity index (χ2v) is 7.20. The quantitative estimate of drug-likeness (QED) is 0.758. The van der Waals surface area contributed by atoms with E-state index >= 15 is 0 Å². The highest BCUT2D eigenvalue weighted by Gasteiger charge is 2.16. The summed E-state index contributed by atoms with van der Waals surface area (Å²) in [5.74, 6) is -0.270. The molecule has 0 aliphatic rings. The fraction of sp³-hybridized carbons (Fsp3) is 0.316. The van der Waals surface area contributed by atoms with Crippen LogP contribution in [0.15, 0.2) is 40.9 Å². The van der Waals surface area contributed by atoms with E-state index in [1.54, 1.807) is 12.1 Å². The van der Waals surface area contributed by atoms with Gasteiger partial charge >= 0.3 is 6.03 Å². The van der Waals surface area contributed by atoms with Gasteiger partial charge in [0.2, 0.25) is 0 Å². The largest absolute Gasteiger partial charge is 0.336 e. The fourth-order valence-electron chi connectivity index (χ4n) is 2.74. The second-order valence-electron chi connectivity index (χ2n) is 6.28. The number of anilines is 1. The molecule has 2 amide bonds. The Balaban J connectivity index is 2.03. The Labute approximate surface area is 156 Å². The third kappa shape index (κ3) is 5.28. The van der Waals surface area contributed by atoms with Gasteiger partial charge in [-0.3, -0.25) is 0 Å². The van der Waals surface area contributed by atoms with Crippen molar-refractivity contribution in [2.24, 2.45) is 0 Å². The van der Waals surface area contributed by atoms with Crippen LogP contribution in [0, 0.1) is 19.7 Å². The lowest BCUT2D eigenvalue weighted by Crippen LogP contribution is -2.37. The molecule has 0 aliphatic heterocycles. The smallest absolute Gasteiger partial charge is 0.319 e. The maximum Gasteiger partial charge on any atom is 0.319 e. The molecule has 6 heteroatoms. The molecular formula is C19H23BrFN3O. The molecule has 0 fully saturated rings. The topological polar surface area (TPSA) is 44.4 Å². The maximum absolute atomic E-state index is 13.1. The standard InChI is InChI=1S/C19H23BrFN3O/c1-12-9-15(20)10-13(2)18(12)23-19(25)22-11-17(24(3)4)14-5-7-16(21)8-6-14/h5-10,17H,11H2,1-4H3,(H2,22,23,25). The van der Waals surface area contributed by atoms with E-state index in [-0.39, 0.29) is 17.9 Å². The van der Waals surface area contributed by atoms with Crippen LogP contribution in [-0.4, -0.2) is 31.6 Å². The van der Waals surface area contributed by atoms with E-state index in [1.165, 1.54) is 12.1 Å². The summed E-state index contributed by atoms with van der Waals surface area (Å²) in [5.41, 5.74) is 3.74. The number of carbonyl (C=O) groups is 1. The van der Waals surface area contributed by atoms with Crippen molar-refractivity contribution in [2.75, 3.05) is 26.0 Å². The fourth-order valence-corrected chi connectivity index (χ4v) is 3.43. The van der Waals surface area contributed by atoms with Crippen LogP contribution in [0.25, 0.3) is 0 Å². The number of carbonyl (C=O) groups excluding carboxylic acids is 1. The molecule has 0 saturated carbocycles. The third-order valence-corrected chi connectivity index (χ3v) is 4.53. The molecule has 1 atom stereocenters. The van der Waals surface area contributed by atoms with Crippen molar-refractivity contribution in [3.05, 3.63) is 63.4 Å². The van der Waals surface area contributed by atoms with Gasteiger partial charge in [-0.15, -0.1) is 0 Å². The maximum atomic E-state index is 13.1. The first-order valence-electron chi connectivity index (χ1n) is 8.01. The first kappa shape index (κ1) is 19.4. The van der Waals surface area contributed by atoms with E-state index < -0.39 is 0 Å². The molecule has 0 spiro atoms. The Kier molecular flexibility index (Phi) is 6.56. The summed E-state index contributed by atoms with van der Waals surface area (Å²) in [6, 6.07) is 9.96. The molecule has 25 heavy (non-hydrogen) atoms. The van der Waals surface area contributed by atoms with Crippen LogP contribution in [0.1, 0.15) is 22.7 Å². The summed E-state index contributed by atoms with van der Waals surface area (Å²) in [6.07, 6.45) is 0. The lowest BCUT2D eigenvalue weighted by atomic mass is 10.1. The lowest BCUT2D eigenvalue weighted by molar-refractivity contribution is 0.243. The predicted molar refractivity (Wildman–Crippen MR) is 103 cm³/mol. The summed E-state index contributed by atoms with van der Waals surface area (Å²) in [7, 11) is 3.85. The molecule has 2 rings (SSSR count). The first-order valence-corrected chi connectivity index (χ1v) is 8.80. The highest BCUT2D eigenvalue weighted by Crippen LogP contribution is 2.25. The third-order valence-electron chi connectivity index (χ3n) is 4.07. The minimum atomic E-state index is -0.270. The number of hydrogen-bond donors (Lipinski definition) is 2. The van der Waals surface area contributed by atoms with Crippen molar-refractivity contribution in [2.45, 2.75) is 19.9 Å². The average Bonchev–Trinajstić information content (AvgIpc) is 2.52. The van der Waals surface area contributed by atoms with E-state index in [1.807, 2.05) is 45.0 Å². The van der Waals surface area contributed by atoms with E-state index in [0.717, 1.165) is 26.9 Å². The Morgan fingerprint density at radius 1 is 1.16 bits per heavy atom.